The SMILES string of the molecule is O=C(O)Cn1cc(NC(=O)CC2CCCCO2)cn1. The lowest BCUT2D eigenvalue weighted by molar-refractivity contribution is -0.137. The summed E-state index contributed by atoms with van der Waals surface area (Å²) >= 11 is 0. The van der Waals surface area contributed by atoms with Gasteiger partial charge in [0.2, 0.25) is 5.91 Å². The van der Waals surface area contributed by atoms with Gasteiger partial charge in [-0.05, 0) is 19.3 Å². The maximum atomic E-state index is 11.8. The Morgan fingerprint density at radius 1 is 1.53 bits per heavy atom. The van der Waals surface area contributed by atoms with Crippen LogP contribution in [0, 0.1) is 0 Å². The molecular weight excluding hydrogens is 250 g/mol. The molecule has 1 amide bonds. The van der Waals surface area contributed by atoms with Crippen LogP contribution >= 0.6 is 0 Å². The Morgan fingerprint density at radius 2 is 2.37 bits per heavy atom. The largest absolute Gasteiger partial charge is 0.480 e. The van der Waals surface area contributed by atoms with Crippen LogP contribution in [0.2, 0.25) is 0 Å². The molecule has 7 nitrogen and oxygen atoms in total. The van der Waals surface area contributed by atoms with Gasteiger partial charge in [0.05, 0.1) is 24.4 Å². The van der Waals surface area contributed by atoms with Crippen LogP contribution in [-0.4, -0.2) is 39.5 Å². The number of nitrogens with one attached hydrogen (secondary N) is 1. The number of aliphatic carboxylic acids is 1. The standard InChI is InChI=1S/C12H17N3O4/c16-11(5-10-3-1-2-4-19-10)14-9-6-13-15(7-9)8-12(17)18/h6-7,10H,1-5,8H2,(H,14,16)(H,17,18). The number of ether oxygens (including phenoxy) is 1. The highest BCUT2D eigenvalue weighted by Gasteiger charge is 2.18. The van der Waals surface area contributed by atoms with Gasteiger partial charge >= 0.3 is 5.97 Å². The zero-order chi connectivity index (χ0) is 13.7. The third-order valence-electron chi connectivity index (χ3n) is 2.90. The van der Waals surface area contributed by atoms with Crippen molar-refractivity contribution in [3.63, 3.8) is 0 Å². The molecule has 2 heterocycles. The predicted molar refractivity (Wildman–Crippen MR) is 66.7 cm³/mol. The van der Waals surface area contributed by atoms with Crippen molar-refractivity contribution in [3.05, 3.63) is 12.4 Å². The van der Waals surface area contributed by atoms with Crippen molar-refractivity contribution in [2.24, 2.45) is 0 Å². The van der Waals surface area contributed by atoms with Gasteiger partial charge in [0.25, 0.3) is 0 Å². The predicted octanol–water partition coefficient (Wildman–Crippen LogP) is 0.865. The van der Waals surface area contributed by atoms with Crippen LogP contribution in [0.4, 0.5) is 5.69 Å². The van der Waals surface area contributed by atoms with E-state index in [0.717, 1.165) is 19.3 Å². The number of hydrogen-bond donors (Lipinski definition) is 2. The van der Waals surface area contributed by atoms with Gasteiger partial charge in [-0.1, -0.05) is 0 Å². The van der Waals surface area contributed by atoms with Crippen molar-refractivity contribution in [1.82, 2.24) is 9.78 Å². The normalized spacial score (nSPS) is 19.1. The van der Waals surface area contributed by atoms with Gasteiger partial charge in [0.15, 0.2) is 0 Å². The molecule has 2 N–H and O–H groups in total. The summed E-state index contributed by atoms with van der Waals surface area (Å²) < 4.78 is 6.74. The Kier molecular flexibility index (Phi) is 4.51. The van der Waals surface area contributed by atoms with Crippen LogP contribution in [0.3, 0.4) is 0 Å². The molecule has 0 spiro atoms. The number of amides is 1. The molecule has 0 saturated carbocycles. The Balaban J connectivity index is 1.81. The number of hydrogen-bond acceptors (Lipinski definition) is 4. The molecule has 1 unspecified atom stereocenters. The van der Waals surface area contributed by atoms with Crippen molar-refractivity contribution >= 4 is 17.6 Å². The van der Waals surface area contributed by atoms with E-state index in [2.05, 4.69) is 10.4 Å². The van der Waals surface area contributed by atoms with E-state index < -0.39 is 5.97 Å². The quantitative estimate of drug-likeness (QED) is 0.825. The first-order valence-corrected chi connectivity index (χ1v) is 6.29. The van der Waals surface area contributed by atoms with Gasteiger partial charge in [0.1, 0.15) is 6.54 Å². The van der Waals surface area contributed by atoms with Crippen molar-refractivity contribution in [2.75, 3.05) is 11.9 Å². The second kappa shape index (κ2) is 6.33. The minimum Gasteiger partial charge on any atom is -0.480 e. The Labute approximate surface area is 110 Å². The maximum Gasteiger partial charge on any atom is 0.325 e. The lowest BCUT2D eigenvalue weighted by Gasteiger charge is -2.21. The van der Waals surface area contributed by atoms with Crippen molar-refractivity contribution in [3.8, 4) is 0 Å². The average Bonchev–Trinajstić information content (AvgIpc) is 2.76. The van der Waals surface area contributed by atoms with E-state index in [1.807, 2.05) is 0 Å². The van der Waals surface area contributed by atoms with Crippen molar-refractivity contribution in [1.29, 1.82) is 0 Å². The summed E-state index contributed by atoms with van der Waals surface area (Å²) in [7, 11) is 0. The number of nitrogens with zero attached hydrogens (tertiary/aromatic N) is 2. The van der Waals surface area contributed by atoms with Crippen molar-refractivity contribution < 1.29 is 19.4 Å². The van der Waals surface area contributed by atoms with Crippen LogP contribution in [0.5, 0.6) is 0 Å². The maximum absolute atomic E-state index is 11.8. The van der Waals surface area contributed by atoms with E-state index in [-0.39, 0.29) is 18.6 Å². The monoisotopic (exact) mass is 267 g/mol. The number of carboxylic acid groups (broad SMARTS) is 1. The van der Waals surface area contributed by atoms with E-state index in [0.29, 0.717) is 18.7 Å². The summed E-state index contributed by atoms with van der Waals surface area (Å²) in [6, 6.07) is 0. The lowest BCUT2D eigenvalue weighted by Crippen LogP contribution is -2.25. The Hall–Kier alpha value is -1.89. The third kappa shape index (κ3) is 4.36. The number of anilines is 1. The highest BCUT2D eigenvalue weighted by atomic mass is 16.5. The van der Waals surface area contributed by atoms with Gasteiger partial charge in [-0.2, -0.15) is 5.10 Å². The molecule has 0 aliphatic carbocycles. The van der Waals surface area contributed by atoms with E-state index in [1.54, 1.807) is 0 Å². The van der Waals surface area contributed by atoms with Crippen LogP contribution in [0.15, 0.2) is 12.4 Å². The highest BCUT2D eigenvalue weighted by Crippen LogP contribution is 2.16. The van der Waals surface area contributed by atoms with Crippen LogP contribution in [-0.2, 0) is 20.9 Å². The summed E-state index contributed by atoms with van der Waals surface area (Å²) in [6.45, 7) is 0.496. The molecule has 0 aromatic carbocycles. The zero-order valence-electron chi connectivity index (χ0n) is 10.5. The molecule has 1 aliphatic rings. The molecule has 1 fully saturated rings. The summed E-state index contributed by atoms with van der Waals surface area (Å²) in [4.78, 5) is 22.3. The molecule has 104 valence electrons. The van der Waals surface area contributed by atoms with Gasteiger partial charge in [-0.3, -0.25) is 14.3 Å². The number of aromatic nitrogens is 2. The second-order valence-electron chi connectivity index (χ2n) is 4.56. The van der Waals surface area contributed by atoms with Crippen LogP contribution in [0.25, 0.3) is 0 Å². The summed E-state index contributed by atoms with van der Waals surface area (Å²) in [5, 5.41) is 15.1. The average molecular weight is 267 g/mol. The first kappa shape index (κ1) is 13.5. The molecular formula is C12H17N3O4. The van der Waals surface area contributed by atoms with Crippen LogP contribution < -0.4 is 5.32 Å². The number of rotatable bonds is 5. The molecule has 1 aromatic rings. The smallest absolute Gasteiger partial charge is 0.325 e. The minimum atomic E-state index is -0.975. The molecule has 1 aromatic heterocycles. The number of carbonyl (C=O) groups excluding carboxylic acids is 1. The highest BCUT2D eigenvalue weighted by molar-refractivity contribution is 5.90. The molecule has 1 saturated heterocycles. The van der Waals surface area contributed by atoms with E-state index in [4.69, 9.17) is 9.84 Å². The topological polar surface area (TPSA) is 93.5 Å². The molecule has 19 heavy (non-hydrogen) atoms. The first-order valence-electron chi connectivity index (χ1n) is 6.29. The van der Waals surface area contributed by atoms with Gasteiger partial charge in [-0.25, -0.2) is 0 Å². The first-order chi connectivity index (χ1) is 9.13. The number of carbonyl (C=O) groups is 2. The Morgan fingerprint density at radius 3 is 3.05 bits per heavy atom. The second-order valence-corrected chi connectivity index (χ2v) is 4.56. The summed E-state index contributed by atoms with van der Waals surface area (Å²) in [5.41, 5.74) is 0.502. The molecule has 0 radical (unpaired) electrons. The number of carboxylic acids is 1. The summed E-state index contributed by atoms with van der Waals surface area (Å²) in [6.07, 6.45) is 6.29. The molecule has 1 atom stereocenters. The van der Waals surface area contributed by atoms with Crippen molar-refractivity contribution in [2.45, 2.75) is 38.3 Å². The molecule has 1 aliphatic heterocycles. The fraction of sp³-hybridized carbons (Fsp3) is 0.583. The minimum absolute atomic E-state index is 0.0113. The third-order valence-corrected chi connectivity index (χ3v) is 2.90. The molecule has 0 bridgehead atoms. The zero-order valence-corrected chi connectivity index (χ0v) is 10.5. The van der Waals surface area contributed by atoms with E-state index >= 15 is 0 Å². The van der Waals surface area contributed by atoms with Gasteiger partial charge in [-0.15, -0.1) is 0 Å². The lowest BCUT2D eigenvalue weighted by atomic mass is 10.1. The fourth-order valence-electron chi connectivity index (χ4n) is 2.04. The Bertz CT molecular complexity index is 452. The fourth-order valence-corrected chi connectivity index (χ4v) is 2.04. The molecule has 2 rings (SSSR count). The van der Waals surface area contributed by atoms with E-state index in [1.165, 1.54) is 17.1 Å². The van der Waals surface area contributed by atoms with E-state index in [9.17, 15) is 9.59 Å². The van der Waals surface area contributed by atoms with Gasteiger partial charge < -0.3 is 15.2 Å². The van der Waals surface area contributed by atoms with Gasteiger partial charge in [0, 0.05) is 12.8 Å². The van der Waals surface area contributed by atoms with Crippen LogP contribution in [0.1, 0.15) is 25.7 Å². The summed E-state index contributed by atoms with van der Waals surface area (Å²) in [5.74, 6) is -1.11. The molecule has 7 heteroatoms.